The van der Waals surface area contributed by atoms with Gasteiger partial charge in [-0.05, 0) is 23.8 Å². The van der Waals surface area contributed by atoms with Gasteiger partial charge in [0, 0.05) is 50.0 Å². The lowest BCUT2D eigenvalue weighted by molar-refractivity contribution is 0.103. The molecule has 0 aliphatic carbocycles. The summed E-state index contributed by atoms with van der Waals surface area (Å²) < 4.78 is 59.2. The SMILES string of the molecule is O=S(=O)(CNCc1ccccc1C(F)(F)P)c1cc(Cl)c(Oc2cccc(N3CCNCC3)c2)s1. The molecule has 1 fully saturated rings. The topological polar surface area (TPSA) is 70.7 Å². The number of rotatable bonds is 9. The van der Waals surface area contributed by atoms with Crippen LogP contribution in [0.3, 0.4) is 0 Å². The first-order valence-electron chi connectivity index (χ1n) is 10.8. The van der Waals surface area contributed by atoms with Gasteiger partial charge in [-0.3, -0.25) is 5.32 Å². The molecule has 12 heteroatoms. The summed E-state index contributed by atoms with van der Waals surface area (Å²) in [5, 5.41) is 6.53. The maximum atomic E-state index is 13.8. The summed E-state index contributed by atoms with van der Waals surface area (Å²) in [7, 11) is -2.26. The van der Waals surface area contributed by atoms with Crippen LogP contribution in [0.2, 0.25) is 5.02 Å². The van der Waals surface area contributed by atoms with Crippen molar-refractivity contribution in [2.75, 3.05) is 37.0 Å². The Morgan fingerprint density at radius 3 is 2.63 bits per heavy atom. The molecule has 3 aromatic rings. The van der Waals surface area contributed by atoms with Gasteiger partial charge in [-0.1, -0.05) is 62.5 Å². The van der Waals surface area contributed by atoms with Crippen LogP contribution < -0.4 is 20.3 Å². The lowest BCUT2D eigenvalue weighted by atomic mass is 10.1. The molecular weight excluding hydrogens is 535 g/mol. The van der Waals surface area contributed by atoms with E-state index in [1.54, 1.807) is 12.1 Å². The number of thiophene rings is 1. The highest BCUT2D eigenvalue weighted by Crippen LogP contribution is 2.41. The van der Waals surface area contributed by atoms with Crippen LogP contribution in [0.5, 0.6) is 10.8 Å². The second-order valence-corrected chi connectivity index (χ2v) is 12.4. The molecule has 1 saturated heterocycles. The first kappa shape index (κ1) is 26.3. The minimum atomic E-state index is -3.76. The maximum Gasteiger partial charge on any atom is 0.284 e. The van der Waals surface area contributed by atoms with Crippen LogP contribution in [-0.4, -0.2) is 40.5 Å². The predicted octanol–water partition coefficient (Wildman–Crippen LogP) is 5.05. The standard InChI is InChI=1S/C23H25ClF2N3O3PS2/c24-20-13-21(35(30,31)15-28-14-16-4-1-2-7-19(16)23(25,26)33)34-22(20)32-18-6-3-5-17(12-18)29-10-8-27-9-11-29/h1-7,12-13,27-28H,8-11,14-15,33H2. The lowest BCUT2D eigenvalue weighted by Gasteiger charge is -2.29. The average molecular weight is 560 g/mol. The highest BCUT2D eigenvalue weighted by Gasteiger charge is 2.27. The molecular formula is C23H25ClF2N3O3PS2. The Hall–Kier alpha value is -1.81. The zero-order valence-electron chi connectivity index (χ0n) is 18.6. The van der Waals surface area contributed by atoms with Crippen LogP contribution in [-0.2, 0) is 22.0 Å². The van der Waals surface area contributed by atoms with Gasteiger partial charge in [-0.2, -0.15) is 8.78 Å². The largest absolute Gasteiger partial charge is 0.445 e. The van der Waals surface area contributed by atoms with E-state index in [-0.39, 0.29) is 26.4 Å². The molecule has 4 rings (SSSR count). The van der Waals surface area contributed by atoms with E-state index in [4.69, 9.17) is 16.3 Å². The second-order valence-electron chi connectivity index (χ2n) is 8.00. The number of halogens is 3. The van der Waals surface area contributed by atoms with Gasteiger partial charge in [0.05, 0.1) is 5.02 Å². The number of anilines is 1. The fraction of sp³-hybridized carbons (Fsp3) is 0.304. The van der Waals surface area contributed by atoms with Gasteiger partial charge in [-0.15, -0.1) is 0 Å². The number of nitrogens with zero attached hydrogens (tertiary/aromatic N) is 1. The first-order valence-corrected chi connectivity index (χ1v) is 14.3. The lowest BCUT2D eigenvalue weighted by Crippen LogP contribution is -2.43. The van der Waals surface area contributed by atoms with E-state index >= 15 is 0 Å². The van der Waals surface area contributed by atoms with Crippen LogP contribution in [0, 0.1) is 0 Å². The first-order chi connectivity index (χ1) is 16.6. The fourth-order valence-electron chi connectivity index (χ4n) is 3.72. The molecule has 2 heterocycles. The molecule has 0 amide bonds. The Morgan fingerprint density at radius 2 is 1.89 bits per heavy atom. The number of nitrogens with one attached hydrogen (secondary N) is 2. The summed E-state index contributed by atoms with van der Waals surface area (Å²) >= 11 is 7.21. The van der Waals surface area contributed by atoms with Crippen molar-refractivity contribution in [3.63, 3.8) is 0 Å². The zero-order valence-corrected chi connectivity index (χ0v) is 22.2. The molecule has 188 valence electrons. The van der Waals surface area contributed by atoms with Crippen molar-refractivity contribution in [2.45, 2.75) is 16.4 Å². The molecule has 6 nitrogen and oxygen atoms in total. The zero-order chi connectivity index (χ0) is 25.1. The summed E-state index contributed by atoms with van der Waals surface area (Å²) in [6.45, 7) is 3.56. The molecule has 0 bridgehead atoms. The van der Waals surface area contributed by atoms with Gasteiger partial charge in [0.25, 0.3) is 5.66 Å². The Kier molecular flexibility index (Phi) is 8.30. The molecule has 1 aliphatic rings. The normalized spacial score (nSPS) is 14.8. The van der Waals surface area contributed by atoms with E-state index in [9.17, 15) is 17.2 Å². The third-order valence-corrected chi connectivity index (χ3v) is 9.27. The highest BCUT2D eigenvalue weighted by atomic mass is 35.5. The summed E-state index contributed by atoms with van der Waals surface area (Å²) in [4.78, 5) is 2.24. The van der Waals surface area contributed by atoms with Crippen molar-refractivity contribution in [3.8, 4) is 10.8 Å². The average Bonchev–Trinajstić information content (AvgIpc) is 3.20. The second kappa shape index (κ2) is 11.1. The number of sulfone groups is 1. The van der Waals surface area contributed by atoms with Gasteiger partial charge in [0.15, 0.2) is 0 Å². The molecule has 2 aromatic carbocycles. The van der Waals surface area contributed by atoms with E-state index in [1.807, 2.05) is 18.2 Å². The van der Waals surface area contributed by atoms with Gasteiger partial charge >= 0.3 is 0 Å². The molecule has 0 radical (unpaired) electrons. The molecule has 1 unspecified atom stereocenters. The number of piperazine rings is 1. The molecule has 35 heavy (non-hydrogen) atoms. The molecule has 1 atom stereocenters. The Bertz CT molecular complexity index is 1280. The van der Waals surface area contributed by atoms with E-state index < -0.39 is 21.4 Å². The monoisotopic (exact) mass is 559 g/mol. The summed E-state index contributed by atoms with van der Waals surface area (Å²) in [5.41, 5.74) is -1.94. The number of hydrogen-bond acceptors (Lipinski definition) is 7. The third-order valence-electron chi connectivity index (χ3n) is 5.43. The Morgan fingerprint density at radius 1 is 1.14 bits per heavy atom. The molecule has 0 saturated carbocycles. The van der Waals surface area contributed by atoms with Gasteiger partial charge in [-0.25, -0.2) is 8.42 Å². The van der Waals surface area contributed by atoms with E-state index in [0.29, 0.717) is 11.3 Å². The fourth-order valence-corrected chi connectivity index (χ4v) is 6.77. The van der Waals surface area contributed by atoms with Crippen molar-refractivity contribution >= 4 is 47.7 Å². The van der Waals surface area contributed by atoms with Crippen LogP contribution in [0.4, 0.5) is 14.5 Å². The van der Waals surface area contributed by atoms with E-state index in [1.165, 1.54) is 33.5 Å². The van der Waals surface area contributed by atoms with Crippen molar-refractivity contribution in [1.29, 1.82) is 0 Å². The Balaban J connectivity index is 1.42. The number of benzene rings is 2. The number of ether oxygens (including phenoxy) is 1. The van der Waals surface area contributed by atoms with Crippen LogP contribution in [0.15, 0.2) is 58.8 Å². The smallest absolute Gasteiger partial charge is 0.284 e. The minimum Gasteiger partial charge on any atom is -0.445 e. The van der Waals surface area contributed by atoms with E-state index in [2.05, 4.69) is 15.5 Å². The van der Waals surface area contributed by atoms with Crippen LogP contribution in [0.1, 0.15) is 11.1 Å². The third kappa shape index (κ3) is 6.70. The maximum absolute atomic E-state index is 13.8. The molecule has 0 spiro atoms. The number of alkyl halides is 2. The highest BCUT2D eigenvalue weighted by molar-refractivity contribution is 7.93. The van der Waals surface area contributed by atoms with Gasteiger partial charge < -0.3 is 15.0 Å². The predicted molar refractivity (Wildman–Crippen MR) is 140 cm³/mol. The summed E-state index contributed by atoms with van der Waals surface area (Å²) in [5.74, 6) is 0.125. The van der Waals surface area contributed by atoms with E-state index in [0.717, 1.165) is 43.2 Å². The Labute approximate surface area is 214 Å². The van der Waals surface area contributed by atoms with Crippen molar-refractivity contribution in [1.82, 2.24) is 10.6 Å². The summed E-state index contributed by atoms with van der Waals surface area (Å²) in [6, 6.07) is 14.9. The van der Waals surface area contributed by atoms with Gasteiger partial charge in [0.1, 0.15) is 15.8 Å². The number of hydrogen-bond donors (Lipinski definition) is 2. The quantitative estimate of drug-likeness (QED) is 0.358. The van der Waals surface area contributed by atoms with Crippen LogP contribution in [0.25, 0.3) is 0 Å². The van der Waals surface area contributed by atoms with Crippen LogP contribution >= 0.6 is 32.2 Å². The minimum absolute atomic E-state index is 0.0271. The summed E-state index contributed by atoms with van der Waals surface area (Å²) in [6.07, 6.45) is 0. The van der Waals surface area contributed by atoms with Crippen molar-refractivity contribution in [2.24, 2.45) is 0 Å². The molecule has 2 N–H and O–H groups in total. The molecule has 1 aliphatic heterocycles. The van der Waals surface area contributed by atoms with Crippen molar-refractivity contribution in [3.05, 3.63) is 70.7 Å². The molecule has 1 aromatic heterocycles. The van der Waals surface area contributed by atoms with Crippen molar-refractivity contribution < 1.29 is 21.9 Å². The van der Waals surface area contributed by atoms with Gasteiger partial charge in [0.2, 0.25) is 14.9 Å².